The molecule has 3 heterocycles. The van der Waals surface area contributed by atoms with E-state index in [0.29, 0.717) is 31.3 Å². The number of imide groups is 1. The summed E-state index contributed by atoms with van der Waals surface area (Å²) in [4.78, 5) is 33.5. The quantitative estimate of drug-likeness (QED) is 0.201. The number of hydrogen-bond donors (Lipinski definition) is 2. The van der Waals surface area contributed by atoms with E-state index in [9.17, 15) is 19.7 Å². The third-order valence-corrected chi connectivity index (χ3v) is 8.78. The summed E-state index contributed by atoms with van der Waals surface area (Å²) in [5.41, 5.74) is 5.70. The maximum atomic E-state index is 13.9. The van der Waals surface area contributed by atoms with Gasteiger partial charge in [0.05, 0.1) is 29.3 Å². The molecule has 4 atom stereocenters. The first-order chi connectivity index (χ1) is 20.4. The van der Waals surface area contributed by atoms with Gasteiger partial charge in [0.1, 0.15) is 5.75 Å². The molecule has 0 unspecified atom stereocenters. The first-order valence-electron chi connectivity index (χ1n) is 14.8. The van der Waals surface area contributed by atoms with Crippen LogP contribution < -0.4 is 4.90 Å². The molecule has 0 saturated carbocycles. The molecule has 214 valence electrons. The van der Waals surface area contributed by atoms with Gasteiger partial charge in [0, 0.05) is 6.20 Å². The lowest BCUT2D eigenvalue weighted by atomic mass is 9.58. The molecule has 3 aliphatic rings. The van der Waals surface area contributed by atoms with Gasteiger partial charge in [-0.05, 0) is 97.1 Å². The summed E-state index contributed by atoms with van der Waals surface area (Å²) >= 11 is 0. The second-order valence-electron chi connectivity index (χ2n) is 11.4. The Balaban J connectivity index is 1.32. The average Bonchev–Trinajstić information content (AvgIpc) is 3.26. The number of aromatic nitrogens is 1. The largest absolute Gasteiger partial charge is 0.508 e. The fraction of sp³-hybridized carbons (Fsp3) is 0.324. The van der Waals surface area contributed by atoms with E-state index in [4.69, 9.17) is 4.65 Å². The second-order valence-corrected chi connectivity index (χ2v) is 11.4. The molecule has 2 aromatic carbocycles. The van der Waals surface area contributed by atoms with E-state index in [1.165, 1.54) is 10.5 Å². The van der Waals surface area contributed by atoms with Crippen molar-refractivity contribution in [1.82, 2.24) is 4.98 Å². The lowest BCUT2D eigenvalue weighted by Crippen LogP contribution is -2.46. The predicted octanol–water partition coefficient (Wildman–Crippen LogP) is 5.91. The zero-order valence-corrected chi connectivity index (χ0v) is 23.7. The van der Waals surface area contributed by atoms with Crippen LogP contribution >= 0.6 is 0 Å². The lowest BCUT2D eigenvalue weighted by Gasteiger charge is -2.43. The summed E-state index contributed by atoms with van der Waals surface area (Å²) in [6.07, 6.45) is 7.27. The van der Waals surface area contributed by atoms with Gasteiger partial charge in [0.25, 0.3) is 0 Å². The molecular weight excluding hydrogens is 527 g/mol. The van der Waals surface area contributed by atoms with Crippen molar-refractivity contribution in [2.24, 2.45) is 17.8 Å². The number of anilines is 1. The topological polar surface area (TPSA) is 100.0 Å². The number of aromatic hydroxyl groups is 1. The molecule has 2 aliphatic heterocycles. The molecule has 2 saturated heterocycles. The number of fused-ring (bicyclic) bond motifs is 3. The number of carbonyl (C=O) groups excluding carboxylic acids is 2. The van der Waals surface area contributed by atoms with Crippen LogP contribution in [0.25, 0.3) is 11.6 Å². The van der Waals surface area contributed by atoms with Gasteiger partial charge in [-0.1, -0.05) is 55.3 Å². The van der Waals surface area contributed by atoms with Crippen molar-refractivity contribution in [3.05, 3.63) is 101 Å². The van der Waals surface area contributed by atoms with E-state index in [2.05, 4.69) is 18.0 Å². The van der Waals surface area contributed by atoms with Crippen LogP contribution in [0.2, 0.25) is 6.32 Å². The molecule has 7 nitrogen and oxygen atoms in total. The van der Waals surface area contributed by atoms with Gasteiger partial charge >= 0.3 is 7.12 Å². The zero-order chi connectivity index (χ0) is 29.2. The Morgan fingerprint density at radius 1 is 1.02 bits per heavy atom. The highest BCUT2D eigenvalue weighted by Gasteiger charge is 2.57. The second kappa shape index (κ2) is 12.1. The molecule has 0 radical (unpaired) electrons. The number of pyridine rings is 1. The fourth-order valence-electron chi connectivity index (χ4n) is 7.02. The van der Waals surface area contributed by atoms with Crippen LogP contribution in [0.1, 0.15) is 50.3 Å². The van der Waals surface area contributed by atoms with Gasteiger partial charge in [-0.2, -0.15) is 0 Å². The Kier molecular flexibility index (Phi) is 8.09. The molecule has 2 fully saturated rings. The van der Waals surface area contributed by atoms with E-state index in [0.717, 1.165) is 35.2 Å². The minimum atomic E-state index is -1.02. The molecule has 8 heteroatoms. The number of phenols is 1. The van der Waals surface area contributed by atoms with Crippen LogP contribution in [0.3, 0.4) is 0 Å². The minimum Gasteiger partial charge on any atom is -0.508 e. The Hall–Kier alpha value is -4.01. The molecule has 0 spiro atoms. The molecule has 2 N–H and O–H groups in total. The third-order valence-electron chi connectivity index (χ3n) is 8.78. The number of nitrogens with zero attached hydrogens (tertiary/aromatic N) is 2. The summed E-state index contributed by atoms with van der Waals surface area (Å²) in [7, 11) is -1.02. The molecule has 0 bridgehead atoms. The number of allylic oxidation sites excluding steroid dienone is 2. The van der Waals surface area contributed by atoms with Crippen LogP contribution in [-0.4, -0.2) is 40.2 Å². The SMILES string of the molecule is CCCC1=C2[C@@H](CC/C(=C/c3ccc(O)cc3)c3ccccn3)OB(O)C[C@@H]2[C@@H]2C(=O)N(c3ccccc3)C(=O)[C@@H]2C1. The van der Waals surface area contributed by atoms with Gasteiger partial charge in [-0.3, -0.25) is 19.5 Å². The standard InChI is InChI=1S/C34H35BN2O5/c1-2-8-24-20-27-32(34(40)37(33(27)39)25-9-4-3-5-10-25)28-21-35(41)42-30(31(24)28)17-14-23(29-11-6-7-18-36-29)19-22-12-15-26(38)16-13-22/h3-7,9-13,15-16,18-19,27-28,30,32,38,41H,2,8,14,17,20-21H2,1H3/b23-19-/t27-,28+,30-,32-/m1/s1. The van der Waals surface area contributed by atoms with Crippen molar-refractivity contribution >= 4 is 36.3 Å². The molecule has 2 amide bonds. The van der Waals surface area contributed by atoms with Gasteiger partial charge in [-0.15, -0.1) is 0 Å². The predicted molar refractivity (Wildman–Crippen MR) is 163 cm³/mol. The summed E-state index contributed by atoms with van der Waals surface area (Å²) in [5, 5.41) is 20.7. The van der Waals surface area contributed by atoms with Crippen molar-refractivity contribution < 1.29 is 24.4 Å². The molecule has 42 heavy (non-hydrogen) atoms. The number of carbonyl (C=O) groups is 2. The van der Waals surface area contributed by atoms with Gasteiger partial charge in [-0.25, -0.2) is 0 Å². The first-order valence-corrected chi connectivity index (χ1v) is 14.8. The lowest BCUT2D eigenvalue weighted by molar-refractivity contribution is -0.122. The van der Waals surface area contributed by atoms with Crippen LogP contribution in [0, 0.1) is 17.8 Å². The molecular formula is C34H35BN2O5. The monoisotopic (exact) mass is 562 g/mol. The van der Waals surface area contributed by atoms with Crippen molar-refractivity contribution in [1.29, 1.82) is 0 Å². The maximum absolute atomic E-state index is 13.9. The van der Waals surface area contributed by atoms with Crippen LogP contribution in [0.15, 0.2) is 90.1 Å². The Labute approximate surface area is 246 Å². The fourth-order valence-corrected chi connectivity index (χ4v) is 7.02. The van der Waals surface area contributed by atoms with Crippen LogP contribution in [0.4, 0.5) is 5.69 Å². The number of para-hydroxylation sites is 1. The molecule has 1 aliphatic carbocycles. The average molecular weight is 562 g/mol. The number of rotatable bonds is 8. The van der Waals surface area contributed by atoms with Gasteiger partial charge < -0.3 is 14.8 Å². The smallest absolute Gasteiger partial charge is 0.455 e. The van der Waals surface area contributed by atoms with E-state index in [-0.39, 0.29) is 29.6 Å². The maximum Gasteiger partial charge on any atom is 0.455 e. The Morgan fingerprint density at radius 3 is 2.50 bits per heavy atom. The van der Waals surface area contributed by atoms with Crippen LogP contribution in [0.5, 0.6) is 5.75 Å². The summed E-state index contributed by atoms with van der Waals surface area (Å²) in [5.74, 6) is -1.28. The minimum absolute atomic E-state index is 0.143. The first kappa shape index (κ1) is 28.1. The van der Waals surface area contributed by atoms with E-state index in [1.54, 1.807) is 30.5 Å². The highest BCUT2D eigenvalue weighted by atomic mass is 16.5. The molecule has 3 aromatic rings. The Bertz CT molecular complexity index is 1510. The van der Waals surface area contributed by atoms with Crippen molar-refractivity contribution in [2.75, 3.05) is 4.90 Å². The number of hydrogen-bond acceptors (Lipinski definition) is 6. The summed E-state index contributed by atoms with van der Waals surface area (Å²) in [6, 6.07) is 22.0. The summed E-state index contributed by atoms with van der Waals surface area (Å²) < 4.78 is 6.21. The number of amides is 2. The van der Waals surface area contributed by atoms with Crippen molar-refractivity contribution in [3.8, 4) is 5.75 Å². The summed E-state index contributed by atoms with van der Waals surface area (Å²) in [6.45, 7) is 2.12. The Morgan fingerprint density at radius 2 is 1.79 bits per heavy atom. The van der Waals surface area contributed by atoms with E-state index in [1.807, 2.05) is 48.5 Å². The number of benzene rings is 2. The normalized spacial score (nSPS) is 24.2. The van der Waals surface area contributed by atoms with E-state index >= 15 is 0 Å². The van der Waals surface area contributed by atoms with Gasteiger partial charge in [0.2, 0.25) is 11.8 Å². The van der Waals surface area contributed by atoms with E-state index < -0.39 is 19.0 Å². The van der Waals surface area contributed by atoms with Crippen molar-refractivity contribution in [3.63, 3.8) is 0 Å². The number of phenolic OH excluding ortho intramolecular Hbond substituents is 1. The third kappa shape index (κ3) is 5.44. The molecule has 1 aromatic heterocycles. The van der Waals surface area contributed by atoms with Gasteiger partial charge in [0.15, 0.2) is 0 Å². The highest BCUT2D eigenvalue weighted by Crippen LogP contribution is 2.52. The molecule has 6 rings (SSSR count). The zero-order valence-electron chi connectivity index (χ0n) is 23.7. The van der Waals surface area contributed by atoms with Crippen LogP contribution in [-0.2, 0) is 14.2 Å². The highest BCUT2D eigenvalue weighted by molar-refractivity contribution is 6.43. The van der Waals surface area contributed by atoms with Crippen molar-refractivity contribution in [2.45, 2.75) is 51.5 Å².